The number of pyridine rings is 1. The molecule has 168 valence electrons. The fourth-order valence-corrected chi connectivity index (χ4v) is 4.04. The standard InChI is InChI=1S/C23H28FN7O/c1-14-9-17(5-8-20(14)24)12-26-23(32)21-11-18(10-15(2)27-21)22-28-30-31(29-22)13-16-3-6-19(25)7-4-16/h5,8-11,16,19H,3-4,6-7,12-13,25H2,1-2H3,(H,26,32). The first kappa shape index (κ1) is 22.0. The zero-order valence-electron chi connectivity index (χ0n) is 18.4. The molecule has 3 N–H and O–H groups in total. The number of carbonyl (C=O) groups excluding carboxylic acids is 1. The second-order valence-electron chi connectivity index (χ2n) is 8.60. The van der Waals surface area contributed by atoms with Crippen molar-refractivity contribution in [3.63, 3.8) is 0 Å². The lowest BCUT2D eigenvalue weighted by Gasteiger charge is -2.25. The normalized spacial score (nSPS) is 18.5. The minimum Gasteiger partial charge on any atom is -0.347 e. The molecule has 32 heavy (non-hydrogen) atoms. The molecule has 3 aromatic rings. The van der Waals surface area contributed by atoms with E-state index >= 15 is 0 Å². The number of nitrogens with zero attached hydrogens (tertiary/aromatic N) is 5. The summed E-state index contributed by atoms with van der Waals surface area (Å²) in [5.41, 5.74) is 8.99. The average molecular weight is 438 g/mol. The van der Waals surface area contributed by atoms with E-state index in [1.807, 2.05) is 13.0 Å². The Morgan fingerprint density at radius 2 is 1.97 bits per heavy atom. The SMILES string of the molecule is Cc1cc(-c2nnn(CC3CCC(N)CC3)n2)cc(C(=O)NCc2ccc(F)c(C)c2)n1. The third-order valence-electron chi connectivity index (χ3n) is 5.89. The molecule has 1 aliphatic rings. The molecule has 0 bridgehead atoms. The number of aryl methyl sites for hydroxylation is 2. The van der Waals surface area contributed by atoms with Gasteiger partial charge in [-0.3, -0.25) is 4.79 Å². The van der Waals surface area contributed by atoms with Crippen molar-refractivity contribution in [3.05, 3.63) is 58.7 Å². The molecular weight excluding hydrogens is 409 g/mol. The average Bonchev–Trinajstić information content (AvgIpc) is 3.24. The summed E-state index contributed by atoms with van der Waals surface area (Å²) in [6, 6.07) is 8.57. The van der Waals surface area contributed by atoms with Crippen molar-refractivity contribution in [2.45, 2.75) is 58.7 Å². The molecule has 0 spiro atoms. The summed E-state index contributed by atoms with van der Waals surface area (Å²) in [4.78, 5) is 18.7. The summed E-state index contributed by atoms with van der Waals surface area (Å²) < 4.78 is 13.4. The summed E-state index contributed by atoms with van der Waals surface area (Å²) in [6.45, 7) is 4.51. The molecule has 8 nitrogen and oxygen atoms in total. The van der Waals surface area contributed by atoms with Crippen LogP contribution >= 0.6 is 0 Å². The molecule has 4 rings (SSSR count). The van der Waals surface area contributed by atoms with E-state index in [1.165, 1.54) is 6.07 Å². The predicted octanol–water partition coefficient (Wildman–Crippen LogP) is 2.94. The zero-order chi connectivity index (χ0) is 22.7. The highest BCUT2D eigenvalue weighted by Gasteiger charge is 2.20. The van der Waals surface area contributed by atoms with Gasteiger partial charge >= 0.3 is 0 Å². The van der Waals surface area contributed by atoms with Gasteiger partial charge in [-0.05, 0) is 80.0 Å². The van der Waals surface area contributed by atoms with E-state index in [0.717, 1.165) is 31.2 Å². The number of hydrogen-bond acceptors (Lipinski definition) is 6. The van der Waals surface area contributed by atoms with E-state index < -0.39 is 0 Å². The molecule has 2 aromatic heterocycles. The van der Waals surface area contributed by atoms with Crippen LogP contribution < -0.4 is 11.1 Å². The number of tetrazole rings is 1. The molecule has 1 aliphatic carbocycles. The molecule has 2 heterocycles. The molecule has 1 saturated carbocycles. The molecule has 0 atom stereocenters. The van der Waals surface area contributed by atoms with Gasteiger partial charge in [-0.2, -0.15) is 4.80 Å². The van der Waals surface area contributed by atoms with Gasteiger partial charge in [0.15, 0.2) is 0 Å². The van der Waals surface area contributed by atoms with Crippen molar-refractivity contribution < 1.29 is 9.18 Å². The summed E-state index contributed by atoms with van der Waals surface area (Å²) in [5, 5.41) is 15.7. The number of halogens is 1. The Morgan fingerprint density at radius 1 is 1.19 bits per heavy atom. The number of carbonyl (C=O) groups is 1. The molecule has 1 fully saturated rings. The van der Waals surface area contributed by atoms with Crippen LogP contribution in [-0.4, -0.2) is 37.1 Å². The van der Waals surface area contributed by atoms with Crippen LogP contribution in [0.2, 0.25) is 0 Å². The second kappa shape index (κ2) is 9.52. The van der Waals surface area contributed by atoms with E-state index in [4.69, 9.17) is 5.73 Å². The molecular formula is C23H28FN7O. The number of aromatic nitrogens is 5. The van der Waals surface area contributed by atoms with Gasteiger partial charge in [-0.15, -0.1) is 10.2 Å². The van der Waals surface area contributed by atoms with Gasteiger partial charge in [0.25, 0.3) is 5.91 Å². The zero-order valence-corrected chi connectivity index (χ0v) is 18.4. The first-order valence-electron chi connectivity index (χ1n) is 10.9. The Kier molecular flexibility index (Phi) is 6.55. The number of amides is 1. The van der Waals surface area contributed by atoms with Crippen molar-refractivity contribution in [1.29, 1.82) is 0 Å². The highest BCUT2D eigenvalue weighted by Crippen LogP contribution is 2.24. The molecule has 1 aromatic carbocycles. The van der Waals surface area contributed by atoms with Crippen molar-refractivity contribution in [3.8, 4) is 11.4 Å². The number of nitrogens with one attached hydrogen (secondary N) is 1. The maximum absolute atomic E-state index is 13.4. The fourth-order valence-electron chi connectivity index (χ4n) is 4.04. The molecule has 0 aliphatic heterocycles. The van der Waals surface area contributed by atoms with Crippen LogP contribution in [0.4, 0.5) is 4.39 Å². The lowest BCUT2D eigenvalue weighted by Crippen LogP contribution is -2.28. The minimum atomic E-state index is -0.317. The lowest BCUT2D eigenvalue weighted by atomic mass is 9.86. The minimum absolute atomic E-state index is 0.266. The monoisotopic (exact) mass is 437 g/mol. The fraction of sp³-hybridized carbons (Fsp3) is 0.435. The largest absolute Gasteiger partial charge is 0.347 e. The first-order valence-corrected chi connectivity index (χ1v) is 10.9. The van der Waals surface area contributed by atoms with Crippen molar-refractivity contribution in [1.82, 2.24) is 30.5 Å². The van der Waals surface area contributed by atoms with E-state index in [9.17, 15) is 9.18 Å². The highest BCUT2D eigenvalue weighted by atomic mass is 19.1. The number of hydrogen-bond donors (Lipinski definition) is 2. The van der Waals surface area contributed by atoms with Crippen LogP contribution in [0.25, 0.3) is 11.4 Å². The Balaban J connectivity index is 1.43. The molecule has 0 saturated heterocycles. The van der Waals surface area contributed by atoms with Gasteiger partial charge in [0.05, 0.1) is 6.54 Å². The van der Waals surface area contributed by atoms with Crippen LogP contribution in [0, 0.1) is 25.6 Å². The maximum atomic E-state index is 13.4. The number of nitrogens with two attached hydrogens (primary N) is 1. The quantitative estimate of drug-likeness (QED) is 0.613. The van der Waals surface area contributed by atoms with Crippen molar-refractivity contribution >= 4 is 5.91 Å². The van der Waals surface area contributed by atoms with Gasteiger partial charge in [0.1, 0.15) is 11.5 Å². The third-order valence-corrected chi connectivity index (χ3v) is 5.89. The second-order valence-corrected chi connectivity index (χ2v) is 8.60. The van der Waals surface area contributed by atoms with Crippen LogP contribution in [0.3, 0.4) is 0 Å². The summed E-state index contributed by atoms with van der Waals surface area (Å²) in [7, 11) is 0. The first-order chi connectivity index (χ1) is 15.4. The van der Waals surface area contributed by atoms with Gasteiger partial charge in [0.2, 0.25) is 5.82 Å². The van der Waals surface area contributed by atoms with Crippen LogP contribution in [0.15, 0.2) is 30.3 Å². The molecule has 9 heteroatoms. The Hall–Kier alpha value is -3.20. The van der Waals surface area contributed by atoms with Crippen molar-refractivity contribution in [2.75, 3.05) is 0 Å². The summed E-state index contributed by atoms with van der Waals surface area (Å²) in [6.07, 6.45) is 4.21. The Bertz CT molecular complexity index is 1110. The topological polar surface area (TPSA) is 112 Å². The smallest absolute Gasteiger partial charge is 0.270 e. The third kappa shape index (κ3) is 5.34. The molecule has 0 radical (unpaired) electrons. The highest BCUT2D eigenvalue weighted by molar-refractivity contribution is 5.93. The van der Waals surface area contributed by atoms with E-state index in [-0.39, 0.29) is 24.0 Å². The Morgan fingerprint density at radius 3 is 2.72 bits per heavy atom. The number of rotatable bonds is 6. The lowest BCUT2D eigenvalue weighted by molar-refractivity contribution is 0.0945. The Labute approximate surface area is 186 Å². The van der Waals surface area contributed by atoms with Crippen LogP contribution in [0.1, 0.15) is 53.0 Å². The van der Waals surface area contributed by atoms with Crippen LogP contribution in [-0.2, 0) is 13.1 Å². The predicted molar refractivity (Wildman–Crippen MR) is 118 cm³/mol. The summed E-state index contributed by atoms with van der Waals surface area (Å²) in [5.74, 6) is 0.388. The van der Waals surface area contributed by atoms with Gasteiger partial charge in [-0.1, -0.05) is 12.1 Å². The van der Waals surface area contributed by atoms with E-state index in [1.54, 1.807) is 29.9 Å². The van der Waals surface area contributed by atoms with E-state index in [2.05, 4.69) is 25.7 Å². The van der Waals surface area contributed by atoms with Gasteiger partial charge in [-0.25, -0.2) is 9.37 Å². The van der Waals surface area contributed by atoms with Gasteiger partial charge < -0.3 is 11.1 Å². The van der Waals surface area contributed by atoms with E-state index in [0.29, 0.717) is 41.1 Å². The summed E-state index contributed by atoms with van der Waals surface area (Å²) >= 11 is 0. The molecule has 0 unspecified atom stereocenters. The van der Waals surface area contributed by atoms with Gasteiger partial charge in [0, 0.05) is 23.8 Å². The molecule has 1 amide bonds. The van der Waals surface area contributed by atoms with Crippen LogP contribution in [0.5, 0.6) is 0 Å². The number of benzene rings is 1. The van der Waals surface area contributed by atoms with Crippen molar-refractivity contribution in [2.24, 2.45) is 11.7 Å². The maximum Gasteiger partial charge on any atom is 0.270 e.